The van der Waals surface area contributed by atoms with E-state index in [0.717, 1.165) is 0 Å². The molecule has 0 rings (SSSR count). The molecule has 0 spiro atoms. The van der Waals surface area contributed by atoms with Crippen LogP contribution in [0.5, 0.6) is 0 Å². The van der Waals surface area contributed by atoms with E-state index in [-0.39, 0.29) is 0 Å². The first-order valence-electron chi connectivity index (χ1n) is 18.5. The Labute approximate surface area is 250 Å². The molecule has 0 fully saturated rings. The van der Waals surface area contributed by atoms with Crippen molar-refractivity contribution < 1.29 is 8.97 Å². The maximum absolute atomic E-state index is 2.47. The van der Waals surface area contributed by atoms with Gasteiger partial charge in [0.25, 0.3) is 0 Å². The average molecular weight is 553 g/mol. The van der Waals surface area contributed by atoms with Gasteiger partial charge in [0.05, 0.1) is 41.3 Å². The van der Waals surface area contributed by atoms with Crippen LogP contribution in [0.15, 0.2) is 0 Å². The summed E-state index contributed by atoms with van der Waals surface area (Å²) in [6.07, 6.45) is 40.7. The van der Waals surface area contributed by atoms with Crippen LogP contribution in [-0.4, -0.2) is 56.9 Å². The highest BCUT2D eigenvalue weighted by molar-refractivity contribution is 4.51. The summed E-state index contributed by atoms with van der Waals surface area (Å²) >= 11 is 0. The van der Waals surface area contributed by atoms with E-state index in [2.05, 4.69) is 42.0 Å². The molecule has 2 heteroatoms. The Balaban J connectivity index is 3.55. The monoisotopic (exact) mass is 553 g/mol. The second kappa shape index (κ2) is 28.1. The molecule has 0 bridgehead atoms. The van der Waals surface area contributed by atoms with Crippen LogP contribution in [0.2, 0.25) is 0 Å². The first-order valence-corrected chi connectivity index (χ1v) is 18.5. The summed E-state index contributed by atoms with van der Waals surface area (Å²) in [7, 11) is 9.86. The second-order valence-electron chi connectivity index (χ2n) is 14.7. The zero-order valence-electron chi connectivity index (χ0n) is 28.8. The second-order valence-corrected chi connectivity index (χ2v) is 14.7. The van der Waals surface area contributed by atoms with Crippen molar-refractivity contribution in [1.82, 2.24) is 0 Å². The minimum absolute atomic E-state index is 1.18. The van der Waals surface area contributed by atoms with E-state index in [4.69, 9.17) is 0 Å². The first kappa shape index (κ1) is 38.9. The Morgan fingerprint density at radius 2 is 0.436 bits per heavy atom. The molecule has 0 aromatic rings. The molecular formula is C37H80N2+2. The van der Waals surface area contributed by atoms with Crippen molar-refractivity contribution in [3.8, 4) is 0 Å². The highest BCUT2D eigenvalue weighted by atomic mass is 15.5. The van der Waals surface area contributed by atoms with Gasteiger partial charge in [-0.1, -0.05) is 168 Å². The minimum atomic E-state index is 1.18. The van der Waals surface area contributed by atoms with Crippen molar-refractivity contribution in [3.05, 3.63) is 0 Å². The van der Waals surface area contributed by atoms with Crippen LogP contribution in [0.25, 0.3) is 0 Å². The molecular weight excluding hydrogens is 472 g/mol. The van der Waals surface area contributed by atoms with E-state index in [0.29, 0.717) is 0 Å². The SMILES string of the molecule is CCCCCCCCCCCCCCCC[N+](C)(C)C[N+](C)(C)CCCCCCCCCCCCCCCC. The molecule has 0 saturated heterocycles. The first-order chi connectivity index (χ1) is 18.8. The smallest absolute Gasteiger partial charge is 0.206 e. The van der Waals surface area contributed by atoms with Crippen molar-refractivity contribution in [2.75, 3.05) is 47.9 Å². The average Bonchev–Trinajstić information content (AvgIpc) is 2.88. The fourth-order valence-electron chi connectivity index (χ4n) is 6.65. The summed E-state index contributed by atoms with van der Waals surface area (Å²) in [5, 5.41) is 0. The maximum atomic E-state index is 2.47. The maximum Gasteiger partial charge on any atom is 0.206 e. The highest BCUT2D eigenvalue weighted by Crippen LogP contribution is 2.16. The van der Waals surface area contributed by atoms with Gasteiger partial charge in [-0.25, -0.2) is 0 Å². The highest BCUT2D eigenvalue weighted by Gasteiger charge is 2.26. The number of unbranched alkanes of at least 4 members (excludes halogenated alkanes) is 26. The molecule has 0 aromatic heterocycles. The molecule has 0 aliphatic carbocycles. The zero-order valence-corrected chi connectivity index (χ0v) is 28.8. The lowest BCUT2D eigenvalue weighted by Gasteiger charge is -2.39. The van der Waals surface area contributed by atoms with Gasteiger partial charge in [-0.3, -0.25) is 8.97 Å². The Kier molecular flexibility index (Phi) is 28.0. The summed E-state index contributed by atoms with van der Waals surface area (Å²) in [5.74, 6) is 0. The quantitative estimate of drug-likeness (QED) is 0.0442. The van der Waals surface area contributed by atoms with Gasteiger partial charge >= 0.3 is 0 Å². The molecule has 0 heterocycles. The number of hydrogen-bond acceptors (Lipinski definition) is 0. The van der Waals surface area contributed by atoms with Crippen molar-refractivity contribution in [3.63, 3.8) is 0 Å². The molecule has 0 radical (unpaired) electrons. The molecule has 236 valence electrons. The van der Waals surface area contributed by atoms with Gasteiger partial charge in [-0.2, -0.15) is 0 Å². The molecule has 0 aliphatic heterocycles. The summed E-state index contributed by atoms with van der Waals surface area (Å²) in [6.45, 7) is 8.58. The van der Waals surface area contributed by atoms with E-state index in [9.17, 15) is 0 Å². The Bertz CT molecular complexity index is 428. The lowest BCUT2D eigenvalue weighted by molar-refractivity contribution is -1.07. The fraction of sp³-hybridized carbons (Fsp3) is 1.00. The fourth-order valence-corrected chi connectivity index (χ4v) is 6.65. The normalized spacial score (nSPS) is 12.5. The number of hydrogen-bond donors (Lipinski definition) is 0. The predicted octanol–water partition coefficient (Wildman–Crippen LogP) is 12.1. The predicted molar refractivity (Wildman–Crippen MR) is 179 cm³/mol. The van der Waals surface area contributed by atoms with E-state index in [1.807, 2.05) is 0 Å². The van der Waals surface area contributed by atoms with Crippen LogP contribution in [0.1, 0.15) is 194 Å². The van der Waals surface area contributed by atoms with Crippen LogP contribution in [0, 0.1) is 0 Å². The summed E-state index contributed by atoms with van der Waals surface area (Å²) < 4.78 is 2.37. The van der Waals surface area contributed by atoms with Crippen LogP contribution in [-0.2, 0) is 0 Å². The third kappa shape index (κ3) is 30.7. The molecule has 0 saturated carbocycles. The lowest BCUT2D eigenvalue weighted by atomic mass is 10.0. The van der Waals surface area contributed by atoms with E-state index < -0.39 is 0 Å². The Hall–Kier alpha value is -0.0800. The third-order valence-corrected chi connectivity index (χ3v) is 9.00. The molecule has 0 aliphatic rings. The largest absolute Gasteiger partial charge is 0.282 e. The molecule has 0 N–H and O–H groups in total. The Morgan fingerprint density at radius 3 is 0.641 bits per heavy atom. The number of nitrogens with zero attached hydrogens (tertiary/aromatic N) is 2. The standard InChI is InChI=1S/C37H80N2/c1-7-9-11-13-15-17-19-21-23-25-27-29-31-33-35-38(3,4)37-39(5,6)36-34-32-30-28-26-24-22-20-18-16-14-12-10-8-2/h7-37H2,1-6H3/q+2. The van der Waals surface area contributed by atoms with Gasteiger partial charge in [0.2, 0.25) is 6.67 Å². The molecule has 0 unspecified atom stereocenters. The van der Waals surface area contributed by atoms with Gasteiger partial charge in [0.1, 0.15) is 0 Å². The van der Waals surface area contributed by atoms with Crippen molar-refractivity contribution in [2.45, 2.75) is 194 Å². The zero-order chi connectivity index (χ0) is 28.9. The lowest BCUT2D eigenvalue weighted by Crippen LogP contribution is -2.56. The van der Waals surface area contributed by atoms with Gasteiger partial charge in [-0.05, 0) is 25.7 Å². The van der Waals surface area contributed by atoms with Crippen LogP contribution >= 0.6 is 0 Å². The third-order valence-electron chi connectivity index (χ3n) is 9.00. The van der Waals surface area contributed by atoms with Crippen LogP contribution in [0.3, 0.4) is 0 Å². The van der Waals surface area contributed by atoms with Crippen molar-refractivity contribution in [1.29, 1.82) is 0 Å². The van der Waals surface area contributed by atoms with Crippen LogP contribution in [0.4, 0.5) is 0 Å². The number of quaternary nitrogens is 2. The molecule has 0 aromatic carbocycles. The molecule has 2 nitrogen and oxygen atoms in total. The molecule has 0 amide bonds. The molecule has 0 atom stereocenters. The van der Waals surface area contributed by atoms with E-state index in [1.165, 1.54) is 209 Å². The number of rotatable bonds is 32. The Morgan fingerprint density at radius 1 is 0.256 bits per heavy atom. The van der Waals surface area contributed by atoms with Gasteiger partial charge in [0.15, 0.2) is 0 Å². The van der Waals surface area contributed by atoms with E-state index in [1.54, 1.807) is 0 Å². The van der Waals surface area contributed by atoms with E-state index >= 15 is 0 Å². The summed E-state index contributed by atoms with van der Waals surface area (Å²) in [6, 6.07) is 0. The van der Waals surface area contributed by atoms with Gasteiger partial charge in [0, 0.05) is 0 Å². The minimum Gasteiger partial charge on any atom is -0.282 e. The summed E-state index contributed by atoms with van der Waals surface area (Å²) in [5.41, 5.74) is 0. The topological polar surface area (TPSA) is 0 Å². The van der Waals surface area contributed by atoms with Gasteiger partial charge < -0.3 is 0 Å². The van der Waals surface area contributed by atoms with Gasteiger partial charge in [-0.15, -0.1) is 0 Å². The van der Waals surface area contributed by atoms with Crippen molar-refractivity contribution >= 4 is 0 Å². The molecule has 39 heavy (non-hydrogen) atoms. The summed E-state index contributed by atoms with van der Waals surface area (Å²) in [4.78, 5) is 0. The van der Waals surface area contributed by atoms with Crippen molar-refractivity contribution in [2.24, 2.45) is 0 Å². The van der Waals surface area contributed by atoms with Crippen LogP contribution < -0.4 is 0 Å².